The van der Waals surface area contributed by atoms with E-state index in [0.29, 0.717) is 36.6 Å². The van der Waals surface area contributed by atoms with Crippen LogP contribution in [0.15, 0.2) is 124 Å². The minimum Gasteiger partial charge on any atom is -0.422 e. The molecule has 4 aliphatic rings. The molecule has 2 amide bonds. The first-order valence-corrected chi connectivity index (χ1v) is 40.0. The van der Waals surface area contributed by atoms with Gasteiger partial charge in [0.15, 0.2) is 0 Å². The molecule has 2 unspecified atom stereocenters. The molecule has 0 spiro atoms. The van der Waals surface area contributed by atoms with Gasteiger partial charge in [-0.2, -0.15) is 23.1 Å². The third-order valence-corrected chi connectivity index (χ3v) is 23.2. The Morgan fingerprint density at radius 2 is 1.07 bits per heavy atom. The van der Waals surface area contributed by atoms with Crippen molar-refractivity contribution in [3.8, 4) is 28.3 Å². The number of amides is 2. The molecule has 4 aliphatic heterocycles. The van der Waals surface area contributed by atoms with E-state index in [0.717, 1.165) is 166 Å². The predicted octanol–water partition coefficient (Wildman–Crippen LogP) is 17.3. The fourth-order valence-electron chi connectivity index (χ4n) is 15.1. The van der Waals surface area contributed by atoms with Crippen LogP contribution in [0.25, 0.3) is 54.2 Å². The summed E-state index contributed by atoms with van der Waals surface area (Å²) in [6.45, 7) is 54.1. The highest BCUT2D eigenvalue weighted by atomic mass is 32.1. The van der Waals surface area contributed by atoms with Crippen molar-refractivity contribution >= 4 is 68.3 Å². The number of amidine groups is 1. The van der Waals surface area contributed by atoms with Crippen LogP contribution in [0.2, 0.25) is 0 Å². The maximum atomic E-state index is 13.6. The first-order chi connectivity index (χ1) is 51.1. The maximum absolute atomic E-state index is 13.6. The van der Waals surface area contributed by atoms with E-state index in [1.807, 2.05) is 60.9 Å². The van der Waals surface area contributed by atoms with Crippen LogP contribution in [0, 0.1) is 54.7 Å². The van der Waals surface area contributed by atoms with Gasteiger partial charge in [-0.05, 0) is 259 Å². The Hall–Kier alpha value is -9.18. The highest BCUT2D eigenvalue weighted by Crippen LogP contribution is 2.40. The summed E-state index contributed by atoms with van der Waals surface area (Å²) in [5.41, 5.74) is 22.5. The summed E-state index contributed by atoms with van der Waals surface area (Å²) >= 11 is 3.52. The molecule has 5 N–H and O–H groups in total. The van der Waals surface area contributed by atoms with E-state index in [9.17, 15) is 9.59 Å². The Bertz CT molecular complexity index is 4520. The van der Waals surface area contributed by atoms with Crippen LogP contribution in [0.3, 0.4) is 0 Å². The Morgan fingerprint density at radius 3 is 1.49 bits per heavy atom. The van der Waals surface area contributed by atoms with Crippen LogP contribution in [-0.4, -0.2) is 148 Å². The molecule has 5 aromatic carbocycles. The Morgan fingerprint density at radius 1 is 0.594 bits per heavy atom. The molecule has 0 bridgehead atoms. The van der Waals surface area contributed by atoms with Gasteiger partial charge in [-0.25, -0.2) is 20.0 Å². The van der Waals surface area contributed by atoms with Gasteiger partial charge < -0.3 is 39.6 Å². The molecule has 9 aromatic rings. The van der Waals surface area contributed by atoms with E-state index in [4.69, 9.17) is 27.9 Å². The number of hydrogen-bond acceptors (Lipinski definition) is 11. The summed E-state index contributed by atoms with van der Waals surface area (Å²) in [5, 5.41) is 12.4. The summed E-state index contributed by atoms with van der Waals surface area (Å²) in [6.07, 6.45) is 9.77. The number of likely N-dealkylation sites (tertiary alicyclic amines) is 3. The molecule has 560 valence electrons. The average Bonchev–Trinajstić information content (AvgIpc) is 1.11. The molecule has 4 fully saturated rings. The zero-order valence-corrected chi connectivity index (χ0v) is 66.5. The molecule has 4 aromatic heterocycles. The number of aromatic amines is 2. The van der Waals surface area contributed by atoms with E-state index < -0.39 is 10.8 Å². The van der Waals surface area contributed by atoms with Crippen molar-refractivity contribution < 1.29 is 14.3 Å². The van der Waals surface area contributed by atoms with Gasteiger partial charge in [-0.3, -0.25) is 9.59 Å². The van der Waals surface area contributed by atoms with Gasteiger partial charge in [-0.1, -0.05) is 90.9 Å². The van der Waals surface area contributed by atoms with Gasteiger partial charge in [-0.15, -0.1) is 22.7 Å². The van der Waals surface area contributed by atoms with E-state index in [1.165, 1.54) is 80.4 Å². The Balaban J connectivity index is 0.000000184. The molecule has 0 aliphatic carbocycles. The number of aromatic nitrogens is 4. The fraction of sp³-hybridized carbons (Fsp3) is 0.465. The van der Waals surface area contributed by atoms with Crippen LogP contribution in [-0.2, 0) is 33.3 Å². The standard InChI is InChI=1S/C37H45N7OS.C35H39N5O2.C8H12N2S.C6H15N/c1-24-18-25(2)20-28(19-24)33-30(31-21-29(11-12-32(31)41-33)37(4,5)35(45)43-15-7-8-16-43)10-9-14-39-36(42-38-6)44-17-13-27(22-44)34-40-26(3)23-46-34;1-24-20-25(2)22-26(21-24)32-29(14-11-17-37-34(39-36-5)42-28-12-7-6-8-13-28)30-23-27(15-16-31(30)38-32)35(3,4)33(41)40-18-9-10-19-40;1-6-5-11-8(10-6)7-2-3-9-4-7;1-4-7(5-2)6-3/h11-12,18-21,23,27,41H,7-10,13-17,22H2,1-5H3,(H,39,42);6-8,12-13,15-16,20-23,38H,9-11,14,17-19H2,1-4H3,(H,37,39);5,7,9H,2-4H2,1H3;4-6H2,1-3H3. The number of nitrogens with one attached hydrogen (secondary N) is 5. The molecule has 0 saturated carbocycles. The first-order valence-electron chi connectivity index (χ1n) is 38.3. The van der Waals surface area contributed by atoms with Crippen molar-refractivity contribution in [2.24, 2.45) is 9.98 Å². The summed E-state index contributed by atoms with van der Waals surface area (Å²) < 4.78 is 5.78. The monoisotopic (exact) mass is 1470 g/mol. The number of nitrogens with zero attached hydrogens (tertiary/aromatic N) is 10. The van der Waals surface area contributed by atoms with E-state index in [1.54, 1.807) is 22.7 Å². The van der Waals surface area contributed by atoms with E-state index >= 15 is 0 Å². The van der Waals surface area contributed by atoms with Crippen molar-refractivity contribution in [3.63, 3.8) is 0 Å². The first kappa shape index (κ1) is 79.4. The molecular formula is C86H111N15O3S2. The van der Waals surface area contributed by atoms with Crippen molar-refractivity contribution in [1.29, 1.82) is 0 Å². The van der Waals surface area contributed by atoms with Crippen LogP contribution in [0.5, 0.6) is 5.75 Å². The lowest BCUT2D eigenvalue weighted by atomic mass is 9.82. The maximum Gasteiger partial charge on any atom is 0.358 e. The number of ether oxygens (including phenoxy) is 1. The van der Waals surface area contributed by atoms with Crippen molar-refractivity contribution in [1.82, 2.24) is 55.7 Å². The number of H-pyrrole nitrogens is 2. The third-order valence-electron chi connectivity index (χ3n) is 20.9. The molecule has 4 saturated heterocycles. The Kier molecular flexibility index (Phi) is 28.0. The second-order valence-corrected chi connectivity index (χ2v) is 31.6. The van der Waals surface area contributed by atoms with Crippen LogP contribution in [0.1, 0.15) is 178 Å². The summed E-state index contributed by atoms with van der Waals surface area (Å²) in [7, 11) is 0. The van der Waals surface area contributed by atoms with Gasteiger partial charge in [0.1, 0.15) is 5.75 Å². The number of para-hydroxylation sites is 1. The minimum atomic E-state index is -0.618. The molecule has 18 nitrogen and oxygen atoms in total. The molecule has 13 rings (SSSR count). The van der Waals surface area contributed by atoms with Crippen molar-refractivity contribution in [2.45, 2.75) is 177 Å². The number of thiazole rings is 2. The van der Waals surface area contributed by atoms with E-state index in [2.05, 4.69) is 209 Å². The zero-order chi connectivity index (χ0) is 75.5. The van der Waals surface area contributed by atoms with Gasteiger partial charge >= 0.3 is 6.02 Å². The molecule has 0 radical (unpaired) electrons. The van der Waals surface area contributed by atoms with Crippen LogP contribution >= 0.6 is 22.7 Å². The topological polar surface area (TPSA) is 183 Å². The summed E-state index contributed by atoms with van der Waals surface area (Å²) in [6, 6.07) is 35.7. The van der Waals surface area contributed by atoms with Crippen molar-refractivity contribution in [2.75, 3.05) is 85.1 Å². The normalized spacial score (nSPS) is 16.1. The lowest BCUT2D eigenvalue weighted by Crippen LogP contribution is -2.41. The number of carbonyl (C=O) groups excluding carboxylic acids is 2. The fourth-order valence-corrected chi connectivity index (χ4v) is 16.9. The Labute approximate surface area is 637 Å². The number of aryl methyl sites for hydroxylation is 8. The van der Waals surface area contributed by atoms with Gasteiger partial charge in [0.05, 0.1) is 20.8 Å². The molecule has 106 heavy (non-hydrogen) atoms. The van der Waals surface area contributed by atoms with Crippen LogP contribution < -0.4 is 20.9 Å². The van der Waals surface area contributed by atoms with Gasteiger partial charge in [0, 0.05) is 126 Å². The van der Waals surface area contributed by atoms with Crippen molar-refractivity contribution in [3.05, 3.63) is 203 Å². The number of guanidine groups is 1. The van der Waals surface area contributed by atoms with E-state index in [-0.39, 0.29) is 17.8 Å². The second-order valence-electron chi connectivity index (χ2n) is 29.8. The summed E-state index contributed by atoms with van der Waals surface area (Å²) in [4.78, 5) is 68.5. The largest absolute Gasteiger partial charge is 0.422 e. The molecule has 8 heterocycles. The van der Waals surface area contributed by atoms with Gasteiger partial charge in [0.2, 0.25) is 11.8 Å². The quantitative estimate of drug-likeness (QED) is 0.0162. The summed E-state index contributed by atoms with van der Waals surface area (Å²) in [5.74, 6) is 2.74. The highest BCUT2D eigenvalue weighted by molar-refractivity contribution is 7.10. The lowest BCUT2D eigenvalue weighted by molar-refractivity contribution is -0.135. The number of rotatable bonds is 20. The van der Waals surface area contributed by atoms with Crippen LogP contribution in [0.4, 0.5) is 0 Å². The average molecular weight is 1470 g/mol. The second kappa shape index (κ2) is 37.4. The molecule has 20 heteroatoms. The number of benzene rings is 5. The number of carbonyl (C=O) groups is 2. The lowest BCUT2D eigenvalue weighted by Gasteiger charge is -2.29. The third kappa shape index (κ3) is 20.3. The predicted molar refractivity (Wildman–Crippen MR) is 438 cm³/mol. The SMILES string of the molecule is CCN(CC)CC.Cc1csc(C2CCNC2)n1.[C-]#[N+]NC(=NCCCc1c(-c2cc(C)cc(C)c2)[nH]c2ccc(C(C)(C)C(=O)N3CCCC3)cc12)N1CCC(c2nc(C)cs2)C1.[C-]#[N+]NC(=NCCCc1c(-c2cc(C)cc(C)c2)[nH]c2ccc(C(C)(C)C(=O)N3CCCC3)cc12)Oc1ccccc1. The molecule has 2 atom stereocenters. The minimum absolute atomic E-state index is 0.189. The number of aliphatic imine (C=N–C) groups is 2. The zero-order valence-electron chi connectivity index (χ0n) is 64.9. The number of hydrogen-bond donors (Lipinski definition) is 5. The van der Waals surface area contributed by atoms with Gasteiger partial charge in [0.25, 0.3) is 5.96 Å². The highest BCUT2D eigenvalue weighted by Gasteiger charge is 2.37. The smallest absolute Gasteiger partial charge is 0.358 e. The number of fused-ring (bicyclic) bond motifs is 2. The molecular weight excluding hydrogens is 1360 g/mol.